The van der Waals surface area contributed by atoms with Crippen LogP contribution in [0.3, 0.4) is 0 Å². The van der Waals surface area contributed by atoms with Crippen LogP contribution in [0.1, 0.15) is 17.0 Å². The maximum atomic E-state index is 12.5. The van der Waals surface area contributed by atoms with E-state index in [4.69, 9.17) is 9.47 Å². The van der Waals surface area contributed by atoms with Crippen LogP contribution in [0.4, 0.5) is 5.69 Å². The number of aromatic nitrogens is 3. The maximum Gasteiger partial charge on any atom is 0.234 e. The third kappa shape index (κ3) is 5.96. The molecule has 0 aliphatic carbocycles. The standard InChI is InChI=1S/C26H26N4O3S/c1-18-4-10-21(11-5-18)30-24(16-33-23-12-6-19(2)7-13-23)28-29-26(30)34-17-25(31)27-20-8-14-22(32-3)15-9-20/h4-15H,16-17H2,1-3H3,(H,27,31). The average Bonchev–Trinajstić information content (AvgIpc) is 3.26. The first kappa shape index (κ1) is 23.4. The quantitative estimate of drug-likeness (QED) is 0.336. The molecule has 0 saturated carbocycles. The first-order chi connectivity index (χ1) is 16.5. The van der Waals surface area contributed by atoms with Crippen molar-refractivity contribution in [2.75, 3.05) is 18.2 Å². The van der Waals surface area contributed by atoms with Gasteiger partial charge in [-0.25, -0.2) is 0 Å². The van der Waals surface area contributed by atoms with E-state index in [-0.39, 0.29) is 18.3 Å². The van der Waals surface area contributed by atoms with E-state index in [1.54, 1.807) is 31.4 Å². The summed E-state index contributed by atoms with van der Waals surface area (Å²) in [4.78, 5) is 12.5. The van der Waals surface area contributed by atoms with Gasteiger partial charge in [0.2, 0.25) is 5.91 Å². The molecule has 0 radical (unpaired) electrons. The van der Waals surface area contributed by atoms with Crippen molar-refractivity contribution in [1.82, 2.24) is 14.8 Å². The van der Waals surface area contributed by atoms with Crippen LogP contribution < -0.4 is 14.8 Å². The summed E-state index contributed by atoms with van der Waals surface area (Å²) in [5.74, 6) is 2.21. The van der Waals surface area contributed by atoms with E-state index in [2.05, 4.69) is 15.5 Å². The summed E-state index contributed by atoms with van der Waals surface area (Å²) in [5.41, 5.74) is 3.94. The van der Waals surface area contributed by atoms with Gasteiger partial charge in [0.05, 0.1) is 12.9 Å². The number of aryl methyl sites for hydroxylation is 2. The Labute approximate surface area is 203 Å². The number of methoxy groups -OCH3 is 1. The lowest BCUT2D eigenvalue weighted by Gasteiger charge is -2.12. The van der Waals surface area contributed by atoms with Crippen LogP contribution in [0.15, 0.2) is 78.0 Å². The number of amides is 1. The van der Waals surface area contributed by atoms with Gasteiger partial charge in [-0.3, -0.25) is 9.36 Å². The Kier molecular flexibility index (Phi) is 7.49. The topological polar surface area (TPSA) is 78.3 Å². The normalized spacial score (nSPS) is 10.7. The molecule has 0 unspecified atom stereocenters. The second kappa shape index (κ2) is 10.9. The number of ether oxygens (including phenoxy) is 2. The molecule has 174 valence electrons. The van der Waals surface area contributed by atoms with Crippen molar-refractivity contribution in [2.45, 2.75) is 25.6 Å². The first-order valence-corrected chi connectivity index (χ1v) is 11.8. The number of carbonyl (C=O) groups is 1. The fourth-order valence-corrected chi connectivity index (χ4v) is 4.00. The molecule has 7 nitrogen and oxygen atoms in total. The number of nitrogens with one attached hydrogen (secondary N) is 1. The van der Waals surface area contributed by atoms with Crippen molar-refractivity contribution in [3.63, 3.8) is 0 Å². The molecule has 0 atom stereocenters. The lowest BCUT2D eigenvalue weighted by atomic mass is 10.2. The van der Waals surface area contributed by atoms with Crippen LogP contribution in [0.2, 0.25) is 0 Å². The van der Waals surface area contributed by atoms with E-state index < -0.39 is 0 Å². The first-order valence-electron chi connectivity index (χ1n) is 10.8. The number of hydrogen-bond acceptors (Lipinski definition) is 6. The van der Waals surface area contributed by atoms with Crippen molar-refractivity contribution in [3.05, 3.63) is 89.7 Å². The Balaban J connectivity index is 1.48. The molecule has 1 aromatic heterocycles. The highest BCUT2D eigenvalue weighted by Crippen LogP contribution is 2.24. The number of thioether (sulfide) groups is 1. The third-order valence-corrected chi connectivity index (χ3v) is 6.02. The summed E-state index contributed by atoms with van der Waals surface area (Å²) in [6, 6.07) is 23.2. The third-order valence-electron chi connectivity index (χ3n) is 5.09. The molecule has 0 bridgehead atoms. The molecule has 0 aliphatic rings. The molecule has 1 amide bonds. The molecule has 4 aromatic rings. The molecule has 1 N–H and O–H groups in total. The van der Waals surface area contributed by atoms with E-state index in [0.29, 0.717) is 16.7 Å². The van der Waals surface area contributed by atoms with E-state index in [1.165, 1.54) is 17.3 Å². The van der Waals surface area contributed by atoms with E-state index >= 15 is 0 Å². The van der Waals surface area contributed by atoms with Crippen molar-refractivity contribution >= 4 is 23.4 Å². The number of nitrogens with zero attached hydrogens (tertiary/aromatic N) is 3. The zero-order valence-corrected chi connectivity index (χ0v) is 20.1. The summed E-state index contributed by atoms with van der Waals surface area (Å²) < 4.78 is 13.0. The second-order valence-electron chi connectivity index (χ2n) is 7.74. The van der Waals surface area contributed by atoms with E-state index in [1.807, 2.05) is 66.9 Å². The molecule has 0 aliphatic heterocycles. The highest BCUT2D eigenvalue weighted by Gasteiger charge is 2.17. The van der Waals surface area contributed by atoms with Gasteiger partial charge in [-0.05, 0) is 62.4 Å². The lowest BCUT2D eigenvalue weighted by molar-refractivity contribution is -0.113. The summed E-state index contributed by atoms with van der Waals surface area (Å²) >= 11 is 1.32. The van der Waals surface area contributed by atoms with Gasteiger partial charge in [-0.1, -0.05) is 47.2 Å². The number of carbonyl (C=O) groups excluding carboxylic acids is 1. The fraction of sp³-hybridized carbons (Fsp3) is 0.192. The smallest absolute Gasteiger partial charge is 0.234 e. The van der Waals surface area contributed by atoms with Crippen LogP contribution >= 0.6 is 11.8 Å². The van der Waals surface area contributed by atoms with Gasteiger partial charge in [0.1, 0.15) is 18.1 Å². The molecule has 8 heteroatoms. The zero-order valence-electron chi connectivity index (χ0n) is 19.3. The van der Waals surface area contributed by atoms with Gasteiger partial charge in [0, 0.05) is 11.4 Å². The molecule has 3 aromatic carbocycles. The summed E-state index contributed by atoms with van der Waals surface area (Å²) in [6.07, 6.45) is 0. The number of rotatable bonds is 9. The Bertz CT molecular complexity index is 1240. The summed E-state index contributed by atoms with van der Waals surface area (Å²) in [7, 11) is 1.61. The van der Waals surface area contributed by atoms with Gasteiger partial charge >= 0.3 is 0 Å². The minimum atomic E-state index is -0.133. The fourth-order valence-electron chi connectivity index (χ4n) is 3.22. The van der Waals surface area contributed by atoms with Crippen molar-refractivity contribution in [1.29, 1.82) is 0 Å². The number of benzene rings is 3. The minimum Gasteiger partial charge on any atom is -0.497 e. The van der Waals surface area contributed by atoms with Gasteiger partial charge in [-0.15, -0.1) is 10.2 Å². The molecular formula is C26H26N4O3S. The minimum absolute atomic E-state index is 0.133. The van der Waals surface area contributed by atoms with Crippen molar-refractivity contribution in [3.8, 4) is 17.2 Å². The SMILES string of the molecule is COc1ccc(NC(=O)CSc2nnc(COc3ccc(C)cc3)n2-c2ccc(C)cc2)cc1. The number of anilines is 1. The number of hydrogen-bond donors (Lipinski definition) is 1. The van der Waals surface area contributed by atoms with Gasteiger partial charge in [0.15, 0.2) is 11.0 Å². The molecule has 34 heavy (non-hydrogen) atoms. The van der Waals surface area contributed by atoms with Crippen LogP contribution in [-0.2, 0) is 11.4 Å². The monoisotopic (exact) mass is 474 g/mol. The summed E-state index contributed by atoms with van der Waals surface area (Å²) in [6.45, 7) is 4.32. The van der Waals surface area contributed by atoms with Crippen molar-refractivity contribution in [2.24, 2.45) is 0 Å². The zero-order chi connectivity index (χ0) is 23.9. The Morgan fingerprint density at radius 3 is 2.15 bits per heavy atom. The van der Waals surface area contributed by atoms with Gasteiger partial charge in [0.25, 0.3) is 0 Å². The van der Waals surface area contributed by atoms with Crippen LogP contribution in [-0.4, -0.2) is 33.5 Å². The largest absolute Gasteiger partial charge is 0.497 e. The predicted molar refractivity (Wildman–Crippen MR) is 134 cm³/mol. The Hall–Kier alpha value is -3.78. The Morgan fingerprint density at radius 1 is 0.882 bits per heavy atom. The Morgan fingerprint density at radius 2 is 1.50 bits per heavy atom. The highest BCUT2D eigenvalue weighted by molar-refractivity contribution is 7.99. The van der Waals surface area contributed by atoms with Crippen LogP contribution in [0, 0.1) is 13.8 Å². The average molecular weight is 475 g/mol. The van der Waals surface area contributed by atoms with Crippen molar-refractivity contribution < 1.29 is 14.3 Å². The van der Waals surface area contributed by atoms with E-state index in [9.17, 15) is 4.79 Å². The van der Waals surface area contributed by atoms with Crippen LogP contribution in [0.25, 0.3) is 5.69 Å². The molecule has 4 rings (SSSR count). The van der Waals surface area contributed by atoms with E-state index in [0.717, 1.165) is 22.7 Å². The van der Waals surface area contributed by atoms with Gasteiger partial charge in [-0.2, -0.15) is 0 Å². The van der Waals surface area contributed by atoms with Crippen LogP contribution in [0.5, 0.6) is 11.5 Å². The molecule has 1 heterocycles. The molecule has 0 spiro atoms. The second-order valence-corrected chi connectivity index (χ2v) is 8.68. The highest BCUT2D eigenvalue weighted by atomic mass is 32.2. The summed E-state index contributed by atoms with van der Waals surface area (Å²) in [5, 5.41) is 12.2. The lowest BCUT2D eigenvalue weighted by Crippen LogP contribution is -2.14. The molecular weight excluding hydrogens is 448 g/mol. The maximum absolute atomic E-state index is 12.5. The van der Waals surface area contributed by atoms with Gasteiger partial charge < -0.3 is 14.8 Å². The molecule has 0 fully saturated rings. The molecule has 0 saturated heterocycles. The predicted octanol–water partition coefficient (Wildman–Crippen LogP) is 5.20.